The number of aliphatic hydroxyl groups is 2. The zero-order chi connectivity index (χ0) is 17.5. The van der Waals surface area contributed by atoms with Crippen LogP contribution in [0.25, 0.3) is 0 Å². The molecule has 0 aromatic heterocycles. The van der Waals surface area contributed by atoms with Crippen LogP contribution in [0.1, 0.15) is 6.92 Å². The molecule has 6 N–H and O–H groups in total. The van der Waals surface area contributed by atoms with E-state index in [1.807, 2.05) is 0 Å². The first-order chi connectivity index (χ1) is 10.8. The lowest BCUT2D eigenvalue weighted by atomic mass is 9.93. The van der Waals surface area contributed by atoms with Crippen molar-refractivity contribution in [1.29, 1.82) is 0 Å². The molecule has 0 atom stereocenters. The van der Waals surface area contributed by atoms with Crippen molar-refractivity contribution in [2.24, 2.45) is 5.41 Å². The maximum Gasteiger partial charge on any atom is 0.319 e. The third-order valence-electron chi connectivity index (χ3n) is 3.04. The number of amides is 2. The molecule has 1 aromatic carbocycles. The number of esters is 1. The van der Waals surface area contributed by atoms with Crippen LogP contribution in [-0.4, -0.2) is 58.8 Å². The van der Waals surface area contributed by atoms with E-state index < -0.39 is 30.6 Å². The highest BCUT2D eigenvalue weighted by molar-refractivity contribution is 5.89. The van der Waals surface area contributed by atoms with Crippen LogP contribution >= 0.6 is 0 Å². The highest BCUT2D eigenvalue weighted by Crippen LogP contribution is 2.27. The van der Waals surface area contributed by atoms with Gasteiger partial charge in [0.25, 0.3) is 0 Å². The van der Waals surface area contributed by atoms with Crippen LogP contribution in [0.5, 0.6) is 11.5 Å². The van der Waals surface area contributed by atoms with Crippen molar-refractivity contribution in [3.8, 4) is 11.5 Å². The molecule has 0 spiro atoms. The highest BCUT2D eigenvalue weighted by atomic mass is 16.5. The first-order valence-corrected chi connectivity index (χ1v) is 6.78. The number of nitrogens with one attached hydrogen (secondary N) is 2. The Morgan fingerprint density at radius 3 is 2.39 bits per heavy atom. The molecule has 0 unspecified atom stereocenters. The van der Waals surface area contributed by atoms with Crippen LogP contribution < -0.4 is 10.6 Å². The molecule has 0 bridgehead atoms. The Kier molecular flexibility index (Phi) is 6.61. The van der Waals surface area contributed by atoms with Gasteiger partial charge in [-0.15, -0.1) is 0 Å². The number of aliphatic hydroxyl groups excluding tert-OH is 2. The van der Waals surface area contributed by atoms with Gasteiger partial charge >= 0.3 is 12.0 Å². The highest BCUT2D eigenvalue weighted by Gasteiger charge is 2.33. The van der Waals surface area contributed by atoms with Crippen LogP contribution in [0.2, 0.25) is 0 Å². The van der Waals surface area contributed by atoms with Crippen LogP contribution in [-0.2, 0) is 9.53 Å². The fourth-order valence-corrected chi connectivity index (χ4v) is 1.44. The largest absolute Gasteiger partial charge is 0.504 e. The topological polar surface area (TPSA) is 148 Å². The first-order valence-electron chi connectivity index (χ1n) is 6.78. The Morgan fingerprint density at radius 2 is 1.83 bits per heavy atom. The van der Waals surface area contributed by atoms with Gasteiger partial charge in [0.1, 0.15) is 12.0 Å². The summed E-state index contributed by atoms with van der Waals surface area (Å²) in [6, 6.07) is 3.18. The maximum absolute atomic E-state index is 11.6. The molecule has 0 fully saturated rings. The molecule has 2 amide bonds. The Labute approximate surface area is 132 Å². The van der Waals surface area contributed by atoms with Gasteiger partial charge in [-0.1, -0.05) is 0 Å². The summed E-state index contributed by atoms with van der Waals surface area (Å²) >= 11 is 0. The van der Waals surface area contributed by atoms with Crippen LogP contribution in [0.4, 0.5) is 10.5 Å². The summed E-state index contributed by atoms with van der Waals surface area (Å²) in [6.45, 7) is 0.116. The molecule has 0 aliphatic heterocycles. The number of hydrogen-bond acceptors (Lipinski definition) is 7. The van der Waals surface area contributed by atoms with Crippen molar-refractivity contribution in [2.45, 2.75) is 6.92 Å². The summed E-state index contributed by atoms with van der Waals surface area (Å²) < 4.78 is 4.85. The molecule has 0 heterocycles. The molecule has 1 rings (SSSR count). The van der Waals surface area contributed by atoms with E-state index in [4.69, 9.17) is 20.1 Å². The summed E-state index contributed by atoms with van der Waals surface area (Å²) in [6.07, 6.45) is 0. The van der Waals surface area contributed by atoms with E-state index in [1.165, 1.54) is 25.1 Å². The van der Waals surface area contributed by atoms with Crippen molar-refractivity contribution in [2.75, 3.05) is 31.7 Å². The van der Waals surface area contributed by atoms with Crippen molar-refractivity contribution >= 4 is 17.7 Å². The molecule has 1 aromatic rings. The summed E-state index contributed by atoms with van der Waals surface area (Å²) in [5.41, 5.74) is -1.12. The number of hydrogen-bond donors (Lipinski definition) is 6. The molecule has 23 heavy (non-hydrogen) atoms. The standard InChI is InChI=1S/C14H20N2O7/c1-14(7-17,8-18)12(21)23-5-4-15-13(22)16-9-2-3-10(19)11(20)6-9/h2-3,6,17-20H,4-5,7-8H2,1H3,(H2,15,16,22). The van der Waals surface area contributed by atoms with Crippen molar-refractivity contribution in [1.82, 2.24) is 5.32 Å². The van der Waals surface area contributed by atoms with Gasteiger partial charge in [-0.3, -0.25) is 4.79 Å². The average Bonchev–Trinajstić information content (AvgIpc) is 2.54. The lowest BCUT2D eigenvalue weighted by Crippen LogP contribution is -2.39. The van der Waals surface area contributed by atoms with E-state index in [1.54, 1.807) is 0 Å². The Balaban J connectivity index is 2.34. The van der Waals surface area contributed by atoms with E-state index in [-0.39, 0.29) is 30.3 Å². The molecule has 0 aliphatic rings. The summed E-state index contributed by atoms with van der Waals surface area (Å²) in [5.74, 6) is -1.45. The second-order valence-corrected chi connectivity index (χ2v) is 5.10. The Bertz CT molecular complexity index is 558. The van der Waals surface area contributed by atoms with Gasteiger partial charge < -0.3 is 35.8 Å². The Morgan fingerprint density at radius 1 is 1.17 bits per heavy atom. The van der Waals surface area contributed by atoms with Gasteiger partial charge in [0.15, 0.2) is 11.5 Å². The van der Waals surface area contributed by atoms with E-state index in [9.17, 15) is 14.7 Å². The fraction of sp³-hybridized carbons (Fsp3) is 0.429. The number of phenols is 2. The second kappa shape index (κ2) is 8.20. The maximum atomic E-state index is 11.6. The van der Waals surface area contributed by atoms with Crippen molar-refractivity contribution < 1.29 is 34.8 Å². The lowest BCUT2D eigenvalue weighted by molar-refractivity contribution is -0.159. The zero-order valence-electron chi connectivity index (χ0n) is 12.6. The van der Waals surface area contributed by atoms with Gasteiger partial charge in [-0.25, -0.2) is 4.79 Å². The third kappa shape index (κ3) is 5.31. The predicted octanol–water partition coefficient (Wildman–Crippen LogP) is -0.247. The monoisotopic (exact) mass is 328 g/mol. The fourth-order valence-electron chi connectivity index (χ4n) is 1.44. The minimum atomic E-state index is -1.38. The number of benzene rings is 1. The number of anilines is 1. The van der Waals surface area contributed by atoms with E-state index in [2.05, 4.69) is 10.6 Å². The quantitative estimate of drug-likeness (QED) is 0.175. The molecule has 0 saturated heterocycles. The van der Waals surface area contributed by atoms with Gasteiger partial charge in [-0.2, -0.15) is 0 Å². The number of aromatic hydroxyl groups is 2. The van der Waals surface area contributed by atoms with Crippen LogP contribution in [0.15, 0.2) is 18.2 Å². The molecular formula is C14H20N2O7. The number of rotatable bonds is 7. The Hall–Kier alpha value is -2.52. The minimum Gasteiger partial charge on any atom is -0.504 e. The second-order valence-electron chi connectivity index (χ2n) is 5.10. The molecular weight excluding hydrogens is 308 g/mol. The molecule has 0 aliphatic carbocycles. The molecule has 9 heteroatoms. The summed E-state index contributed by atoms with van der Waals surface area (Å²) in [4.78, 5) is 23.2. The van der Waals surface area contributed by atoms with Crippen LogP contribution in [0, 0.1) is 5.41 Å². The minimum absolute atomic E-state index is 0.00851. The van der Waals surface area contributed by atoms with Gasteiger partial charge in [0.05, 0.1) is 19.8 Å². The number of ether oxygens (including phenoxy) is 1. The summed E-state index contributed by atoms with van der Waals surface area (Å²) in [7, 11) is 0. The van der Waals surface area contributed by atoms with Gasteiger partial charge in [0.2, 0.25) is 0 Å². The van der Waals surface area contributed by atoms with Gasteiger partial charge in [-0.05, 0) is 19.1 Å². The smallest absolute Gasteiger partial charge is 0.319 e. The summed E-state index contributed by atoms with van der Waals surface area (Å²) in [5, 5.41) is 41.3. The lowest BCUT2D eigenvalue weighted by Gasteiger charge is -2.22. The van der Waals surface area contributed by atoms with Crippen molar-refractivity contribution in [3.05, 3.63) is 18.2 Å². The predicted molar refractivity (Wildman–Crippen MR) is 80.0 cm³/mol. The molecule has 128 valence electrons. The normalized spacial score (nSPS) is 10.9. The molecule has 0 radical (unpaired) electrons. The zero-order valence-corrected chi connectivity index (χ0v) is 12.6. The average molecular weight is 328 g/mol. The molecule has 9 nitrogen and oxygen atoms in total. The number of carbonyl (C=O) groups excluding carboxylic acids is 2. The van der Waals surface area contributed by atoms with Crippen molar-refractivity contribution in [3.63, 3.8) is 0 Å². The molecule has 0 saturated carbocycles. The third-order valence-corrected chi connectivity index (χ3v) is 3.04. The SMILES string of the molecule is CC(CO)(CO)C(=O)OCCNC(=O)Nc1ccc(O)c(O)c1. The first kappa shape index (κ1) is 18.5. The number of urea groups is 1. The number of carbonyl (C=O) groups is 2. The number of phenolic OH excluding ortho intramolecular Hbond substituents is 2. The van der Waals surface area contributed by atoms with E-state index in [0.717, 1.165) is 0 Å². The van der Waals surface area contributed by atoms with E-state index >= 15 is 0 Å². The van der Waals surface area contributed by atoms with Gasteiger partial charge in [0, 0.05) is 11.8 Å². The van der Waals surface area contributed by atoms with E-state index in [0.29, 0.717) is 0 Å². The van der Waals surface area contributed by atoms with Crippen LogP contribution in [0.3, 0.4) is 0 Å².